The molecule has 4 unspecified atom stereocenters. The van der Waals surface area contributed by atoms with Gasteiger partial charge in [-0.15, -0.1) is 12.4 Å². The van der Waals surface area contributed by atoms with Crippen LogP contribution < -0.4 is 11.1 Å². The molecule has 134 valence electrons. The second-order valence-corrected chi connectivity index (χ2v) is 7.03. The van der Waals surface area contributed by atoms with Gasteiger partial charge in [0.05, 0.1) is 17.0 Å². The van der Waals surface area contributed by atoms with E-state index in [1.54, 1.807) is 24.3 Å². The lowest BCUT2D eigenvalue weighted by molar-refractivity contribution is -0.127. The van der Waals surface area contributed by atoms with E-state index in [9.17, 15) is 14.4 Å². The first-order valence-electron chi connectivity index (χ1n) is 8.56. The highest BCUT2D eigenvalue weighted by atomic mass is 35.5. The summed E-state index contributed by atoms with van der Waals surface area (Å²) < 4.78 is 0. The van der Waals surface area contributed by atoms with Gasteiger partial charge in [-0.25, -0.2) is 0 Å². The second kappa shape index (κ2) is 6.77. The van der Waals surface area contributed by atoms with Crippen molar-refractivity contribution >= 4 is 30.1 Å². The number of imide groups is 1. The smallest absolute Gasteiger partial charge is 0.261 e. The van der Waals surface area contributed by atoms with E-state index in [1.807, 2.05) is 0 Å². The Labute approximate surface area is 152 Å². The van der Waals surface area contributed by atoms with Crippen molar-refractivity contribution in [3.63, 3.8) is 0 Å². The summed E-state index contributed by atoms with van der Waals surface area (Å²) in [6, 6.07) is 6.74. The Hall–Kier alpha value is -1.92. The first-order chi connectivity index (χ1) is 11.6. The van der Waals surface area contributed by atoms with Crippen molar-refractivity contribution in [3.8, 4) is 0 Å². The van der Waals surface area contributed by atoms with Gasteiger partial charge in [0, 0.05) is 19.1 Å². The summed E-state index contributed by atoms with van der Waals surface area (Å²) in [6.07, 6.45) is 3.26. The van der Waals surface area contributed by atoms with E-state index in [-0.39, 0.29) is 55.2 Å². The van der Waals surface area contributed by atoms with Gasteiger partial charge < -0.3 is 11.1 Å². The van der Waals surface area contributed by atoms with Crippen molar-refractivity contribution in [2.75, 3.05) is 13.1 Å². The first-order valence-corrected chi connectivity index (χ1v) is 8.56. The van der Waals surface area contributed by atoms with Gasteiger partial charge in [0.2, 0.25) is 5.91 Å². The summed E-state index contributed by atoms with van der Waals surface area (Å²) in [5.74, 6) is 0.131. The molecule has 1 heterocycles. The molecule has 3 aliphatic rings. The Kier molecular flexibility index (Phi) is 4.84. The normalized spacial score (nSPS) is 29.6. The van der Waals surface area contributed by atoms with Crippen molar-refractivity contribution in [1.82, 2.24) is 10.2 Å². The molecule has 2 aliphatic carbocycles. The van der Waals surface area contributed by atoms with Gasteiger partial charge in [-0.2, -0.15) is 0 Å². The van der Waals surface area contributed by atoms with E-state index in [0.29, 0.717) is 23.0 Å². The minimum atomic E-state index is -0.290. The number of hydrogen-bond donors (Lipinski definition) is 2. The highest BCUT2D eigenvalue weighted by molar-refractivity contribution is 6.21. The molecule has 4 atom stereocenters. The fraction of sp³-hybridized carbons (Fsp3) is 0.500. The first kappa shape index (κ1) is 17.9. The molecule has 1 aromatic rings. The summed E-state index contributed by atoms with van der Waals surface area (Å²) in [6.45, 7) is 0.457. The number of benzene rings is 1. The van der Waals surface area contributed by atoms with Crippen LogP contribution in [0.25, 0.3) is 0 Å². The topological polar surface area (TPSA) is 92.5 Å². The van der Waals surface area contributed by atoms with Crippen molar-refractivity contribution < 1.29 is 14.4 Å². The lowest BCUT2D eigenvalue weighted by Gasteiger charge is -2.27. The molecule has 0 saturated heterocycles. The number of nitrogens with two attached hydrogens (primary N) is 1. The third-order valence-electron chi connectivity index (χ3n) is 5.80. The summed E-state index contributed by atoms with van der Waals surface area (Å²) in [7, 11) is 0. The molecular formula is C18H22ClN3O3. The fourth-order valence-corrected chi connectivity index (χ4v) is 4.58. The average molecular weight is 364 g/mol. The highest BCUT2D eigenvalue weighted by Crippen LogP contribution is 2.47. The zero-order chi connectivity index (χ0) is 16.8. The molecule has 6 nitrogen and oxygen atoms in total. The second-order valence-electron chi connectivity index (χ2n) is 7.03. The van der Waals surface area contributed by atoms with Gasteiger partial charge in [0.1, 0.15) is 0 Å². The molecule has 3 amide bonds. The summed E-state index contributed by atoms with van der Waals surface area (Å²) in [5.41, 5.74) is 7.05. The van der Waals surface area contributed by atoms with E-state index in [0.717, 1.165) is 19.3 Å². The Morgan fingerprint density at radius 3 is 2.28 bits per heavy atom. The fourth-order valence-electron chi connectivity index (χ4n) is 4.58. The van der Waals surface area contributed by atoms with Gasteiger partial charge in [-0.3, -0.25) is 19.3 Å². The van der Waals surface area contributed by atoms with Crippen LogP contribution in [0.5, 0.6) is 0 Å². The number of halogens is 1. The predicted molar refractivity (Wildman–Crippen MR) is 94.4 cm³/mol. The van der Waals surface area contributed by atoms with Crippen LogP contribution in [0.1, 0.15) is 40.0 Å². The number of amides is 3. The van der Waals surface area contributed by atoms with Gasteiger partial charge in [-0.1, -0.05) is 12.1 Å². The number of carbonyl (C=O) groups excluding carboxylic acids is 3. The maximum Gasteiger partial charge on any atom is 0.261 e. The molecule has 25 heavy (non-hydrogen) atoms. The number of fused-ring (bicyclic) bond motifs is 3. The van der Waals surface area contributed by atoms with Crippen LogP contribution in [0.15, 0.2) is 24.3 Å². The molecule has 0 radical (unpaired) electrons. The Morgan fingerprint density at radius 2 is 1.72 bits per heavy atom. The maximum absolute atomic E-state index is 12.4. The zero-order valence-electron chi connectivity index (χ0n) is 13.8. The van der Waals surface area contributed by atoms with Crippen LogP contribution >= 0.6 is 12.4 Å². The number of carbonyl (C=O) groups is 3. The number of hydrogen-bond acceptors (Lipinski definition) is 4. The van der Waals surface area contributed by atoms with Crippen LogP contribution in [-0.2, 0) is 4.79 Å². The summed E-state index contributed by atoms with van der Waals surface area (Å²) in [4.78, 5) is 38.2. The van der Waals surface area contributed by atoms with Crippen LogP contribution in [-0.4, -0.2) is 41.8 Å². The lowest BCUT2D eigenvalue weighted by atomic mass is 9.84. The van der Waals surface area contributed by atoms with Crippen LogP contribution in [0.2, 0.25) is 0 Å². The van der Waals surface area contributed by atoms with Crippen molar-refractivity contribution in [2.45, 2.75) is 25.3 Å². The van der Waals surface area contributed by atoms with E-state index < -0.39 is 0 Å². The molecule has 4 rings (SSSR count). The van der Waals surface area contributed by atoms with Crippen LogP contribution in [0, 0.1) is 17.8 Å². The third kappa shape index (κ3) is 2.83. The van der Waals surface area contributed by atoms with Gasteiger partial charge in [-0.05, 0) is 43.2 Å². The molecule has 1 aliphatic heterocycles. The van der Waals surface area contributed by atoms with Gasteiger partial charge in [0.15, 0.2) is 0 Å². The van der Waals surface area contributed by atoms with Gasteiger partial charge in [0.25, 0.3) is 11.8 Å². The molecule has 0 spiro atoms. The summed E-state index contributed by atoms with van der Waals surface area (Å²) in [5, 5.41) is 2.87. The largest absolute Gasteiger partial charge is 0.354 e. The molecular weight excluding hydrogens is 342 g/mol. The van der Waals surface area contributed by atoms with E-state index in [2.05, 4.69) is 5.32 Å². The van der Waals surface area contributed by atoms with E-state index in [1.165, 1.54) is 4.90 Å². The summed E-state index contributed by atoms with van der Waals surface area (Å²) >= 11 is 0. The minimum Gasteiger partial charge on any atom is -0.354 e. The molecule has 0 aromatic heterocycles. The minimum absolute atomic E-state index is 0. The Bertz CT molecular complexity index is 686. The maximum atomic E-state index is 12.4. The highest BCUT2D eigenvalue weighted by Gasteiger charge is 2.49. The lowest BCUT2D eigenvalue weighted by Crippen LogP contribution is -2.47. The van der Waals surface area contributed by atoms with Crippen molar-refractivity contribution in [3.05, 3.63) is 35.4 Å². The standard InChI is InChI=1S/C18H21N3O3.ClH/c19-15-11-6-5-10(9-11)14(15)16(22)20-7-8-21-17(23)12-3-1-2-4-13(12)18(21)24;/h1-4,10-11,14-15H,5-9,19H2,(H,20,22);1H. The molecule has 1 aromatic carbocycles. The Balaban J connectivity index is 0.00000182. The third-order valence-corrected chi connectivity index (χ3v) is 5.80. The molecule has 7 heteroatoms. The number of nitrogens with one attached hydrogen (secondary N) is 1. The number of rotatable bonds is 4. The predicted octanol–water partition coefficient (Wildman–Crippen LogP) is 1.19. The molecule has 2 saturated carbocycles. The van der Waals surface area contributed by atoms with Crippen LogP contribution in [0.3, 0.4) is 0 Å². The van der Waals surface area contributed by atoms with Crippen LogP contribution in [0.4, 0.5) is 0 Å². The van der Waals surface area contributed by atoms with Crippen molar-refractivity contribution in [2.24, 2.45) is 23.5 Å². The monoisotopic (exact) mass is 363 g/mol. The molecule has 2 fully saturated rings. The molecule has 3 N–H and O–H groups in total. The van der Waals surface area contributed by atoms with E-state index in [4.69, 9.17) is 5.73 Å². The number of nitrogens with zero attached hydrogens (tertiary/aromatic N) is 1. The quantitative estimate of drug-likeness (QED) is 0.786. The van der Waals surface area contributed by atoms with Crippen molar-refractivity contribution in [1.29, 1.82) is 0 Å². The zero-order valence-corrected chi connectivity index (χ0v) is 14.6. The Morgan fingerprint density at radius 1 is 1.12 bits per heavy atom. The van der Waals surface area contributed by atoms with Gasteiger partial charge >= 0.3 is 0 Å². The average Bonchev–Trinajstić information content (AvgIpc) is 3.24. The SMILES string of the molecule is Cl.NC1C2CCC(C2)C1C(=O)NCCN1C(=O)c2ccccc2C1=O. The molecule has 2 bridgehead atoms. The van der Waals surface area contributed by atoms with E-state index >= 15 is 0 Å².